The lowest BCUT2D eigenvalue weighted by molar-refractivity contribution is 0.0984. The Bertz CT molecular complexity index is 749. The molecule has 106 valence electrons. The quantitative estimate of drug-likeness (QED) is 0.929. The largest absolute Gasteiger partial charge is 0.276 e. The van der Waals surface area contributed by atoms with Gasteiger partial charge in [0.1, 0.15) is 9.77 Å². The van der Waals surface area contributed by atoms with E-state index in [9.17, 15) is 13.2 Å². The van der Waals surface area contributed by atoms with Gasteiger partial charge in [-0.1, -0.05) is 0 Å². The predicted molar refractivity (Wildman–Crippen MR) is 75.2 cm³/mol. The molecule has 2 aromatic rings. The zero-order valence-electron chi connectivity index (χ0n) is 11.2. The second kappa shape index (κ2) is 5.29. The number of aromatic nitrogens is 2. The number of hydrogen-bond acceptors (Lipinski definition) is 6. The molecule has 0 spiro atoms. The molecule has 0 aliphatic carbocycles. The number of nitrogens with zero attached hydrogens (tertiary/aromatic N) is 2. The number of hydrogen-bond donors (Lipinski definition) is 1. The highest BCUT2D eigenvalue weighted by Crippen LogP contribution is 2.18. The van der Waals surface area contributed by atoms with Crippen LogP contribution in [0.5, 0.6) is 0 Å². The van der Waals surface area contributed by atoms with Crippen LogP contribution in [-0.2, 0) is 10.0 Å². The Morgan fingerprint density at radius 1 is 1.25 bits per heavy atom. The van der Waals surface area contributed by atoms with Gasteiger partial charge >= 0.3 is 0 Å². The molecule has 0 fully saturated rings. The normalized spacial score (nSPS) is 11.3. The van der Waals surface area contributed by atoms with Crippen molar-refractivity contribution in [1.82, 2.24) is 14.7 Å². The van der Waals surface area contributed by atoms with E-state index >= 15 is 0 Å². The van der Waals surface area contributed by atoms with Crippen molar-refractivity contribution in [3.63, 3.8) is 0 Å². The fraction of sp³-hybridized carbons (Fsp3) is 0.250. The van der Waals surface area contributed by atoms with Gasteiger partial charge in [0.05, 0.1) is 10.7 Å². The van der Waals surface area contributed by atoms with E-state index in [1.165, 1.54) is 12.3 Å². The van der Waals surface area contributed by atoms with Crippen molar-refractivity contribution in [2.75, 3.05) is 0 Å². The van der Waals surface area contributed by atoms with Crippen LogP contribution in [0.1, 0.15) is 26.1 Å². The summed E-state index contributed by atoms with van der Waals surface area (Å²) in [6, 6.07) is 2.98. The summed E-state index contributed by atoms with van der Waals surface area (Å²) in [5.74, 6) is -0.673. The number of rotatable bonds is 3. The van der Waals surface area contributed by atoms with Crippen LogP contribution in [0.3, 0.4) is 0 Å². The number of nitrogens with one attached hydrogen (secondary N) is 1. The Kier molecular flexibility index (Phi) is 3.87. The van der Waals surface area contributed by atoms with Gasteiger partial charge < -0.3 is 0 Å². The van der Waals surface area contributed by atoms with E-state index in [4.69, 9.17) is 0 Å². The van der Waals surface area contributed by atoms with Gasteiger partial charge in [-0.05, 0) is 32.9 Å². The molecule has 0 unspecified atom stereocenters. The summed E-state index contributed by atoms with van der Waals surface area (Å²) in [5.41, 5.74) is 1.21. The molecular weight excluding hydrogens is 298 g/mol. The summed E-state index contributed by atoms with van der Waals surface area (Å²) in [5, 5.41) is 0.710. The molecule has 1 N–H and O–H groups in total. The lowest BCUT2D eigenvalue weighted by Crippen LogP contribution is -2.30. The van der Waals surface area contributed by atoms with Crippen LogP contribution in [-0.4, -0.2) is 24.3 Å². The van der Waals surface area contributed by atoms with Crippen LogP contribution in [0.15, 0.2) is 23.2 Å². The maximum absolute atomic E-state index is 12.1. The Labute approximate surface area is 121 Å². The number of carbonyl (C=O) groups excluding carboxylic acids is 1. The van der Waals surface area contributed by atoms with E-state index in [-0.39, 0.29) is 4.90 Å². The number of aryl methyl sites for hydroxylation is 3. The van der Waals surface area contributed by atoms with Gasteiger partial charge in [-0.15, -0.1) is 11.3 Å². The second-order valence-electron chi connectivity index (χ2n) is 4.22. The van der Waals surface area contributed by atoms with Crippen LogP contribution < -0.4 is 4.72 Å². The van der Waals surface area contributed by atoms with E-state index in [0.717, 1.165) is 11.3 Å². The zero-order chi connectivity index (χ0) is 14.9. The van der Waals surface area contributed by atoms with Crippen molar-refractivity contribution in [3.8, 4) is 0 Å². The molecule has 0 atom stereocenters. The monoisotopic (exact) mass is 311 g/mol. The van der Waals surface area contributed by atoms with E-state index < -0.39 is 15.9 Å². The van der Waals surface area contributed by atoms with Crippen LogP contribution in [0, 0.1) is 20.8 Å². The molecule has 0 bridgehead atoms. The van der Waals surface area contributed by atoms with E-state index in [2.05, 4.69) is 9.97 Å². The molecule has 2 aromatic heterocycles. The molecule has 0 aliphatic heterocycles. The van der Waals surface area contributed by atoms with Gasteiger partial charge in [0, 0.05) is 11.9 Å². The summed E-state index contributed by atoms with van der Waals surface area (Å²) >= 11 is 1.16. The molecule has 0 aromatic carbocycles. The van der Waals surface area contributed by atoms with Gasteiger partial charge in [0.2, 0.25) is 0 Å². The summed E-state index contributed by atoms with van der Waals surface area (Å²) < 4.78 is 26.1. The molecule has 0 saturated heterocycles. The predicted octanol–water partition coefficient (Wildman–Crippen LogP) is 1.58. The van der Waals surface area contributed by atoms with Crippen LogP contribution in [0.25, 0.3) is 0 Å². The van der Waals surface area contributed by atoms with Crippen molar-refractivity contribution < 1.29 is 13.2 Å². The van der Waals surface area contributed by atoms with Gasteiger partial charge in [-0.2, -0.15) is 0 Å². The fourth-order valence-electron chi connectivity index (χ4n) is 1.58. The summed E-state index contributed by atoms with van der Waals surface area (Å²) in [4.78, 5) is 20.2. The topological polar surface area (TPSA) is 89.0 Å². The van der Waals surface area contributed by atoms with Crippen LogP contribution >= 0.6 is 11.3 Å². The standard InChI is InChI=1S/C12H13N3O3S2/c1-7-4-5-10(6-13-7)20(17,18)15-12(16)11-8(2)14-9(3)19-11/h4-6H,1-3H3,(H,15,16). The maximum atomic E-state index is 12.1. The molecule has 0 saturated carbocycles. The third-order valence-electron chi connectivity index (χ3n) is 2.53. The van der Waals surface area contributed by atoms with Crippen LogP contribution in [0.2, 0.25) is 0 Å². The molecule has 2 rings (SSSR count). The number of pyridine rings is 1. The van der Waals surface area contributed by atoms with Gasteiger partial charge in [-0.25, -0.2) is 18.1 Å². The molecular formula is C12H13N3O3S2. The first-order valence-electron chi connectivity index (χ1n) is 5.73. The summed E-state index contributed by atoms with van der Waals surface area (Å²) in [7, 11) is -3.92. The Balaban J connectivity index is 2.26. The Morgan fingerprint density at radius 2 is 1.95 bits per heavy atom. The minimum absolute atomic E-state index is 0.0460. The van der Waals surface area contributed by atoms with Crippen molar-refractivity contribution in [2.45, 2.75) is 25.7 Å². The molecule has 6 nitrogen and oxygen atoms in total. The molecule has 0 radical (unpaired) electrons. The average Bonchev–Trinajstić information content (AvgIpc) is 2.68. The van der Waals surface area contributed by atoms with Crippen LogP contribution in [0.4, 0.5) is 0 Å². The lowest BCUT2D eigenvalue weighted by Gasteiger charge is -2.05. The number of carbonyl (C=O) groups is 1. The van der Waals surface area contributed by atoms with Crippen molar-refractivity contribution in [3.05, 3.63) is 39.6 Å². The Hall–Kier alpha value is -1.80. The van der Waals surface area contributed by atoms with Gasteiger partial charge in [-0.3, -0.25) is 9.78 Å². The second-order valence-corrected chi connectivity index (χ2v) is 7.10. The smallest absolute Gasteiger partial charge is 0.267 e. The average molecular weight is 311 g/mol. The summed E-state index contributed by atoms with van der Waals surface area (Å²) in [6.07, 6.45) is 1.22. The number of thiazole rings is 1. The number of sulfonamides is 1. The molecule has 1 amide bonds. The minimum Gasteiger partial charge on any atom is -0.267 e. The van der Waals surface area contributed by atoms with Gasteiger partial charge in [0.25, 0.3) is 15.9 Å². The first kappa shape index (κ1) is 14.6. The lowest BCUT2D eigenvalue weighted by atomic mass is 10.4. The van der Waals surface area contributed by atoms with E-state index in [0.29, 0.717) is 21.3 Å². The molecule has 0 aliphatic rings. The van der Waals surface area contributed by atoms with E-state index in [1.807, 2.05) is 4.72 Å². The molecule has 2 heterocycles. The first-order chi connectivity index (χ1) is 9.29. The van der Waals surface area contributed by atoms with Gasteiger partial charge in [0.15, 0.2) is 0 Å². The zero-order valence-corrected chi connectivity index (χ0v) is 12.8. The Morgan fingerprint density at radius 3 is 2.45 bits per heavy atom. The third kappa shape index (κ3) is 3.02. The van der Waals surface area contributed by atoms with Crippen molar-refractivity contribution in [1.29, 1.82) is 0 Å². The minimum atomic E-state index is -3.92. The SMILES string of the molecule is Cc1ccc(S(=O)(=O)NC(=O)c2sc(C)nc2C)cn1. The highest BCUT2D eigenvalue weighted by Gasteiger charge is 2.22. The highest BCUT2D eigenvalue weighted by molar-refractivity contribution is 7.90. The van der Waals surface area contributed by atoms with Crippen molar-refractivity contribution >= 4 is 27.3 Å². The first-order valence-corrected chi connectivity index (χ1v) is 8.03. The maximum Gasteiger partial charge on any atom is 0.276 e. The molecule has 8 heteroatoms. The van der Waals surface area contributed by atoms with E-state index in [1.54, 1.807) is 26.8 Å². The van der Waals surface area contributed by atoms with Crippen molar-refractivity contribution in [2.24, 2.45) is 0 Å². The number of amides is 1. The summed E-state index contributed by atoms with van der Waals surface area (Å²) in [6.45, 7) is 5.17. The highest BCUT2D eigenvalue weighted by atomic mass is 32.2. The third-order valence-corrected chi connectivity index (χ3v) is 4.92. The molecule has 20 heavy (non-hydrogen) atoms. The fourth-order valence-corrected chi connectivity index (χ4v) is 3.36.